The second kappa shape index (κ2) is 7.74. The van der Waals surface area contributed by atoms with Crippen LogP contribution in [-0.4, -0.2) is 14.9 Å². The number of benzene rings is 2. The van der Waals surface area contributed by atoms with Crippen molar-refractivity contribution in [2.24, 2.45) is 0 Å². The lowest BCUT2D eigenvalue weighted by molar-refractivity contribution is -0.383. The average Bonchev–Trinajstić information content (AvgIpc) is 2.56. The van der Waals surface area contributed by atoms with Gasteiger partial charge in [-0.15, -0.1) is 0 Å². The molecule has 1 heterocycles. The van der Waals surface area contributed by atoms with Gasteiger partial charge in [-0.2, -0.15) is 0 Å². The minimum Gasteiger partial charge on any atom is -0.334 e. The number of anilines is 4. The molecule has 132 valence electrons. The van der Waals surface area contributed by atoms with E-state index in [9.17, 15) is 10.1 Å². The van der Waals surface area contributed by atoms with Crippen LogP contribution in [0.15, 0.2) is 48.8 Å². The van der Waals surface area contributed by atoms with Crippen molar-refractivity contribution in [2.75, 3.05) is 10.6 Å². The first kappa shape index (κ1) is 18.2. The van der Waals surface area contributed by atoms with Crippen molar-refractivity contribution < 1.29 is 4.92 Å². The molecule has 2 N–H and O–H groups in total. The van der Waals surface area contributed by atoms with Gasteiger partial charge in [0.05, 0.1) is 4.92 Å². The number of hydrogen-bond donors (Lipinski definition) is 2. The number of rotatable bonds is 5. The largest absolute Gasteiger partial charge is 0.353 e. The molecule has 1 aromatic heterocycles. The van der Waals surface area contributed by atoms with Crippen molar-refractivity contribution in [3.8, 4) is 0 Å². The van der Waals surface area contributed by atoms with Crippen molar-refractivity contribution in [3.05, 3.63) is 74.0 Å². The first-order valence-electron chi connectivity index (χ1n) is 7.17. The summed E-state index contributed by atoms with van der Waals surface area (Å²) in [5.41, 5.74) is 0.730. The van der Waals surface area contributed by atoms with Crippen molar-refractivity contribution in [3.63, 3.8) is 0 Å². The molecule has 0 unspecified atom stereocenters. The molecule has 2 aromatic carbocycles. The van der Waals surface area contributed by atoms with Gasteiger partial charge in [0.25, 0.3) is 0 Å². The highest BCUT2D eigenvalue weighted by Crippen LogP contribution is 2.34. The Hall–Kier alpha value is -2.61. The van der Waals surface area contributed by atoms with Gasteiger partial charge < -0.3 is 10.6 Å². The van der Waals surface area contributed by atoms with Crippen LogP contribution < -0.4 is 10.6 Å². The van der Waals surface area contributed by atoms with Crippen LogP contribution in [0.5, 0.6) is 0 Å². The Morgan fingerprint density at radius 1 is 0.808 bits per heavy atom. The molecule has 0 bridgehead atoms. The highest BCUT2D eigenvalue weighted by atomic mass is 35.5. The van der Waals surface area contributed by atoms with Crippen molar-refractivity contribution in [1.82, 2.24) is 9.97 Å². The molecule has 7 nitrogen and oxygen atoms in total. The van der Waals surface area contributed by atoms with Gasteiger partial charge in [0.15, 0.2) is 0 Å². The molecule has 26 heavy (non-hydrogen) atoms. The molecule has 0 radical (unpaired) electrons. The van der Waals surface area contributed by atoms with Crippen LogP contribution >= 0.6 is 34.8 Å². The summed E-state index contributed by atoms with van der Waals surface area (Å²) in [7, 11) is 0. The molecule has 3 aromatic rings. The first-order chi connectivity index (χ1) is 12.4. The van der Waals surface area contributed by atoms with E-state index in [1.807, 2.05) is 0 Å². The van der Waals surface area contributed by atoms with E-state index in [-0.39, 0.29) is 17.3 Å². The third-order valence-electron chi connectivity index (χ3n) is 3.24. The Morgan fingerprint density at radius 3 is 1.88 bits per heavy atom. The Kier molecular flexibility index (Phi) is 5.41. The molecule has 10 heteroatoms. The molecule has 0 fully saturated rings. The monoisotopic (exact) mass is 409 g/mol. The normalized spacial score (nSPS) is 10.4. The molecule has 0 aliphatic rings. The predicted molar refractivity (Wildman–Crippen MR) is 103 cm³/mol. The molecule has 0 spiro atoms. The summed E-state index contributed by atoms with van der Waals surface area (Å²) in [5.74, 6) is 0.0303. The van der Waals surface area contributed by atoms with Gasteiger partial charge in [-0.25, -0.2) is 9.97 Å². The molecule has 0 aliphatic carbocycles. The van der Waals surface area contributed by atoms with E-state index in [1.165, 1.54) is 6.33 Å². The van der Waals surface area contributed by atoms with Gasteiger partial charge in [0.1, 0.15) is 6.33 Å². The van der Waals surface area contributed by atoms with Gasteiger partial charge in [-0.1, -0.05) is 34.8 Å². The van der Waals surface area contributed by atoms with E-state index < -0.39 is 4.92 Å². The lowest BCUT2D eigenvalue weighted by atomic mass is 10.3. The van der Waals surface area contributed by atoms with E-state index in [0.29, 0.717) is 26.4 Å². The Labute approximate surface area is 163 Å². The maximum Gasteiger partial charge on any atom is 0.353 e. The fourth-order valence-corrected chi connectivity index (χ4v) is 2.82. The Balaban J connectivity index is 1.98. The lowest BCUT2D eigenvalue weighted by Crippen LogP contribution is -2.05. The molecular weight excluding hydrogens is 401 g/mol. The summed E-state index contributed by atoms with van der Waals surface area (Å²) in [6.45, 7) is 0. The van der Waals surface area contributed by atoms with Crippen LogP contribution in [0.25, 0.3) is 0 Å². The van der Waals surface area contributed by atoms with Crippen LogP contribution in [0.4, 0.5) is 28.7 Å². The quantitative estimate of drug-likeness (QED) is 0.406. The van der Waals surface area contributed by atoms with E-state index in [1.54, 1.807) is 42.5 Å². The van der Waals surface area contributed by atoms with E-state index >= 15 is 0 Å². The summed E-state index contributed by atoms with van der Waals surface area (Å²) in [5, 5.41) is 18.6. The number of hydrogen-bond acceptors (Lipinski definition) is 6. The molecular formula is C16H10Cl3N5O2. The number of nitro groups is 1. The maximum absolute atomic E-state index is 11.6. The summed E-state index contributed by atoms with van der Waals surface area (Å²) in [6, 6.07) is 11.4. The van der Waals surface area contributed by atoms with Gasteiger partial charge in [0.2, 0.25) is 11.6 Å². The van der Waals surface area contributed by atoms with Gasteiger partial charge >= 0.3 is 5.69 Å². The molecule has 0 saturated heterocycles. The number of nitrogens with zero attached hydrogens (tertiary/aromatic N) is 3. The Morgan fingerprint density at radius 2 is 1.35 bits per heavy atom. The number of nitrogens with one attached hydrogen (secondary N) is 2. The average molecular weight is 411 g/mol. The molecule has 0 saturated carbocycles. The third-order valence-corrected chi connectivity index (χ3v) is 3.93. The highest BCUT2D eigenvalue weighted by molar-refractivity contribution is 6.35. The molecule has 0 amide bonds. The number of aromatic nitrogens is 2. The van der Waals surface area contributed by atoms with Crippen LogP contribution in [0.3, 0.4) is 0 Å². The van der Waals surface area contributed by atoms with Gasteiger partial charge in [0, 0.05) is 26.4 Å². The van der Waals surface area contributed by atoms with Crippen molar-refractivity contribution in [1.29, 1.82) is 0 Å². The van der Waals surface area contributed by atoms with Crippen LogP contribution in [0.1, 0.15) is 0 Å². The minimum absolute atomic E-state index is 0.000188. The molecule has 0 atom stereocenters. The van der Waals surface area contributed by atoms with Crippen LogP contribution in [-0.2, 0) is 0 Å². The Bertz CT molecular complexity index is 946. The minimum atomic E-state index is -0.577. The second-order valence-electron chi connectivity index (χ2n) is 5.09. The number of halogens is 3. The zero-order valence-corrected chi connectivity index (χ0v) is 15.2. The fraction of sp³-hybridized carbons (Fsp3) is 0. The van der Waals surface area contributed by atoms with Crippen LogP contribution in [0, 0.1) is 10.1 Å². The lowest BCUT2D eigenvalue weighted by Gasteiger charge is -2.10. The SMILES string of the molecule is O=[N+]([O-])c1c(Nc2ccc(Cl)cc2)ncnc1Nc1cc(Cl)cc(Cl)c1. The maximum atomic E-state index is 11.6. The highest BCUT2D eigenvalue weighted by Gasteiger charge is 2.23. The van der Waals surface area contributed by atoms with Crippen molar-refractivity contribution in [2.45, 2.75) is 0 Å². The second-order valence-corrected chi connectivity index (χ2v) is 6.40. The summed E-state index contributed by atoms with van der Waals surface area (Å²) < 4.78 is 0. The predicted octanol–water partition coefficient (Wildman–Crippen LogP) is 5.83. The zero-order valence-electron chi connectivity index (χ0n) is 12.9. The first-order valence-corrected chi connectivity index (χ1v) is 8.31. The third kappa shape index (κ3) is 4.32. The van der Waals surface area contributed by atoms with E-state index in [4.69, 9.17) is 34.8 Å². The van der Waals surface area contributed by atoms with Crippen molar-refractivity contribution >= 4 is 63.5 Å². The zero-order chi connectivity index (χ0) is 18.7. The standard InChI is InChI=1S/C16H10Cl3N5O2/c17-9-1-3-12(4-2-9)22-15-14(24(25)26)16(21-8-20-15)23-13-6-10(18)5-11(19)7-13/h1-8H,(H2,20,21,22,23). The summed E-state index contributed by atoms with van der Waals surface area (Å²) in [6.07, 6.45) is 1.21. The molecule has 3 rings (SSSR count). The van der Waals surface area contributed by atoms with Gasteiger partial charge in [-0.05, 0) is 42.5 Å². The topological polar surface area (TPSA) is 93.0 Å². The smallest absolute Gasteiger partial charge is 0.334 e. The molecule has 0 aliphatic heterocycles. The fourth-order valence-electron chi connectivity index (χ4n) is 2.17. The van der Waals surface area contributed by atoms with E-state index in [2.05, 4.69) is 20.6 Å². The van der Waals surface area contributed by atoms with Crippen LogP contribution in [0.2, 0.25) is 15.1 Å². The summed E-state index contributed by atoms with van der Waals surface area (Å²) in [4.78, 5) is 18.9. The van der Waals surface area contributed by atoms with Gasteiger partial charge in [-0.3, -0.25) is 10.1 Å². The van der Waals surface area contributed by atoms with E-state index in [0.717, 1.165) is 0 Å². The summed E-state index contributed by atoms with van der Waals surface area (Å²) >= 11 is 17.8.